The second kappa shape index (κ2) is 2.16. The fraction of sp³-hybridized carbons (Fsp3) is 1.00. The Balaban J connectivity index is 2.50. The largest absolute Gasteiger partial charge is 0.369 e. The minimum Gasteiger partial charge on any atom is -0.369 e. The average molecular weight is 150 g/mol. The Kier molecular flexibility index (Phi) is 1.71. The van der Waals surface area contributed by atoms with Crippen LogP contribution >= 0.6 is 0 Å². The molecule has 1 atom stereocenters. The second-order valence-corrected chi connectivity index (χ2v) is 2.66. The van der Waals surface area contributed by atoms with Crippen LogP contribution in [-0.4, -0.2) is 18.1 Å². The lowest BCUT2D eigenvalue weighted by molar-refractivity contribution is -0.0528. The number of hydrogen-bond donors (Lipinski definition) is 0. The number of rotatable bonds is 3. The Morgan fingerprint density at radius 2 is 1.90 bits per heavy atom. The normalized spacial score (nSPS) is 36.0. The summed E-state index contributed by atoms with van der Waals surface area (Å²) in [5.41, 5.74) is -1.10. The van der Waals surface area contributed by atoms with Gasteiger partial charge in [-0.1, -0.05) is 6.92 Å². The molecule has 0 radical (unpaired) electrons. The Morgan fingerprint density at radius 3 is 2.00 bits per heavy atom. The molecular formula is C7H12F2O. The molecule has 0 unspecified atom stereocenters. The topological polar surface area (TPSA) is 9.23 Å². The summed E-state index contributed by atoms with van der Waals surface area (Å²) in [7, 11) is 0. The van der Waals surface area contributed by atoms with Crippen molar-refractivity contribution >= 4 is 0 Å². The predicted molar refractivity (Wildman–Crippen MR) is 34.2 cm³/mol. The fourth-order valence-corrected chi connectivity index (χ4v) is 1.23. The molecule has 0 aliphatic heterocycles. The predicted octanol–water partition coefficient (Wildman–Crippen LogP) is 2.21. The zero-order valence-electron chi connectivity index (χ0n) is 6.29. The molecule has 1 rings (SSSR count). The zero-order valence-corrected chi connectivity index (χ0v) is 6.29. The molecule has 3 heteroatoms. The van der Waals surface area contributed by atoms with Crippen molar-refractivity contribution < 1.29 is 13.5 Å². The second-order valence-electron chi connectivity index (χ2n) is 2.66. The van der Waals surface area contributed by atoms with Gasteiger partial charge in [0.1, 0.15) is 5.60 Å². The maximum Gasteiger partial charge on any atom is 0.279 e. The third-order valence-corrected chi connectivity index (χ3v) is 2.04. The van der Waals surface area contributed by atoms with Crippen molar-refractivity contribution in [2.24, 2.45) is 0 Å². The molecule has 1 aliphatic carbocycles. The van der Waals surface area contributed by atoms with Gasteiger partial charge < -0.3 is 4.74 Å². The van der Waals surface area contributed by atoms with E-state index in [-0.39, 0.29) is 6.42 Å². The van der Waals surface area contributed by atoms with E-state index in [4.69, 9.17) is 4.74 Å². The van der Waals surface area contributed by atoms with Gasteiger partial charge in [-0.15, -0.1) is 0 Å². The van der Waals surface area contributed by atoms with Gasteiger partial charge in [-0.05, 0) is 13.3 Å². The summed E-state index contributed by atoms with van der Waals surface area (Å²) < 4.78 is 30.0. The highest BCUT2D eigenvalue weighted by Crippen LogP contribution is 2.57. The maximum absolute atomic E-state index is 12.5. The molecule has 1 nitrogen and oxygen atoms in total. The van der Waals surface area contributed by atoms with Crippen LogP contribution in [-0.2, 0) is 4.74 Å². The summed E-state index contributed by atoms with van der Waals surface area (Å²) in [6, 6.07) is 0. The molecule has 0 bridgehead atoms. The molecule has 0 saturated heterocycles. The van der Waals surface area contributed by atoms with Crippen LogP contribution in [0.2, 0.25) is 0 Å². The molecule has 0 aromatic carbocycles. The van der Waals surface area contributed by atoms with Crippen molar-refractivity contribution in [3.63, 3.8) is 0 Å². The molecule has 0 spiro atoms. The van der Waals surface area contributed by atoms with Crippen molar-refractivity contribution in [1.82, 2.24) is 0 Å². The first-order chi connectivity index (χ1) is 4.58. The first-order valence-corrected chi connectivity index (χ1v) is 3.60. The summed E-state index contributed by atoms with van der Waals surface area (Å²) >= 11 is 0. The minimum atomic E-state index is -2.56. The van der Waals surface area contributed by atoms with Crippen molar-refractivity contribution in [3.05, 3.63) is 0 Å². The molecule has 0 amide bonds. The molecular weight excluding hydrogens is 138 g/mol. The van der Waals surface area contributed by atoms with Gasteiger partial charge in [0.05, 0.1) is 0 Å². The average Bonchev–Trinajstić information content (AvgIpc) is 2.37. The molecule has 0 aromatic rings. The number of alkyl halides is 2. The Bertz CT molecular complexity index is 136. The van der Waals surface area contributed by atoms with Crippen LogP contribution in [0.3, 0.4) is 0 Å². The van der Waals surface area contributed by atoms with E-state index in [2.05, 4.69) is 0 Å². The molecule has 0 aromatic heterocycles. The van der Waals surface area contributed by atoms with Crippen LogP contribution in [0.5, 0.6) is 0 Å². The highest BCUT2D eigenvalue weighted by molar-refractivity contribution is 5.12. The molecule has 10 heavy (non-hydrogen) atoms. The lowest BCUT2D eigenvalue weighted by atomic mass is 10.2. The van der Waals surface area contributed by atoms with Gasteiger partial charge in [0, 0.05) is 13.0 Å². The smallest absolute Gasteiger partial charge is 0.279 e. The van der Waals surface area contributed by atoms with Crippen LogP contribution in [0.15, 0.2) is 0 Å². The van der Waals surface area contributed by atoms with Gasteiger partial charge in [-0.25, -0.2) is 8.78 Å². The highest BCUT2D eigenvalue weighted by atomic mass is 19.3. The summed E-state index contributed by atoms with van der Waals surface area (Å²) in [6.45, 7) is 3.85. The van der Waals surface area contributed by atoms with Crippen LogP contribution in [0.4, 0.5) is 8.78 Å². The first kappa shape index (κ1) is 7.92. The maximum atomic E-state index is 12.5. The Labute approximate surface area is 59.4 Å². The summed E-state index contributed by atoms with van der Waals surface area (Å²) in [6.07, 6.45) is 0.318. The number of halogens is 2. The minimum absolute atomic E-state index is 0.0929. The fourth-order valence-electron chi connectivity index (χ4n) is 1.23. The quantitative estimate of drug-likeness (QED) is 0.599. The Hall–Kier alpha value is -0.180. The van der Waals surface area contributed by atoms with Gasteiger partial charge in [0.25, 0.3) is 5.92 Å². The third-order valence-electron chi connectivity index (χ3n) is 2.04. The van der Waals surface area contributed by atoms with Crippen molar-refractivity contribution in [1.29, 1.82) is 0 Å². The van der Waals surface area contributed by atoms with Crippen molar-refractivity contribution in [3.8, 4) is 0 Å². The van der Waals surface area contributed by atoms with E-state index in [1.807, 2.05) is 0 Å². The van der Waals surface area contributed by atoms with E-state index >= 15 is 0 Å². The Morgan fingerprint density at radius 1 is 1.40 bits per heavy atom. The highest BCUT2D eigenvalue weighted by Gasteiger charge is 2.71. The number of hydrogen-bond acceptors (Lipinski definition) is 1. The summed E-state index contributed by atoms with van der Waals surface area (Å²) in [5.74, 6) is -2.56. The summed E-state index contributed by atoms with van der Waals surface area (Å²) in [5, 5.41) is 0. The zero-order chi connectivity index (χ0) is 7.83. The lowest BCUT2D eigenvalue weighted by Crippen LogP contribution is -2.21. The third kappa shape index (κ3) is 0.926. The summed E-state index contributed by atoms with van der Waals surface area (Å²) in [4.78, 5) is 0. The van der Waals surface area contributed by atoms with Gasteiger partial charge in [-0.3, -0.25) is 0 Å². The van der Waals surface area contributed by atoms with Crippen molar-refractivity contribution in [2.45, 2.75) is 38.2 Å². The van der Waals surface area contributed by atoms with Gasteiger partial charge in [-0.2, -0.15) is 0 Å². The van der Waals surface area contributed by atoms with E-state index in [0.717, 1.165) is 0 Å². The van der Waals surface area contributed by atoms with Crippen LogP contribution < -0.4 is 0 Å². The van der Waals surface area contributed by atoms with E-state index < -0.39 is 11.5 Å². The lowest BCUT2D eigenvalue weighted by Gasteiger charge is -2.12. The molecule has 0 heterocycles. The molecule has 60 valence electrons. The van der Waals surface area contributed by atoms with E-state index in [9.17, 15) is 8.78 Å². The van der Waals surface area contributed by atoms with Crippen LogP contribution in [0.1, 0.15) is 26.7 Å². The molecule has 0 N–H and O–H groups in total. The van der Waals surface area contributed by atoms with E-state index in [0.29, 0.717) is 13.0 Å². The molecule has 1 saturated carbocycles. The van der Waals surface area contributed by atoms with Gasteiger partial charge in [0.2, 0.25) is 0 Å². The van der Waals surface area contributed by atoms with Gasteiger partial charge >= 0.3 is 0 Å². The molecule has 1 aliphatic rings. The van der Waals surface area contributed by atoms with Gasteiger partial charge in [0.15, 0.2) is 0 Å². The van der Waals surface area contributed by atoms with Crippen molar-refractivity contribution in [2.75, 3.05) is 6.61 Å². The van der Waals surface area contributed by atoms with E-state index in [1.54, 1.807) is 13.8 Å². The number of ether oxygens (including phenoxy) is 1. The van der Waals surface area contributed by atoms with Crippen LogP contribution in [0.25, 0.3) is 0 Å². The molecule has 1 fully saturated rings. The SMILES string of the molecule is CCO[C@]1(CC)CC1(F)F. The first-order valence-electron chi connectivity index (χ1n) is 3.60. The van der Waals surface area contributed by atoms with Crippen LogP contribution in [0, 0.1) is 0 Å². The standard InChI is InChI=1S/C7H12F2O/c1-3-6(10-4-2)5-7(6,8)9/h3-5H2,1-2H3/t6-/m1/s1. The van der Waals surface area contributed by atoms with E-state index in [1.165, 1.54) is 0 Å². The monoisotopic (exact) mass is 150 g/mol.